The summed E-state index contributed by atoms with van der Waals surface area (Å²) in [7, 11) is 0. The molecule has 0 radical (unpaired) electrons. The largest absolute Gasteiger partial charge is 0.458 e. The number of rotatable bonds is 2. The van der Waals surface area contributed by atoms with Crippen LogP contribution in [0.5, 0.6) is 0 Å². The lowest BCUT2D eigenvalue weighted by molar-refractivity contribution is 0.188. The summed E-state index contributed by atoms with van der Waals surface area (Å²) in [4.78, 5) is 0. The maximum Gasteiger partial charge on any atom is 0.156 e. The number of para-hydroxylation sites is 1. The lowest BCUT2D eigenvalue weighted by atomic mass is 10.1. The molecule has 0 spiro atoms. The summed E-state index contributed by atoms with van der Waals surface area (Å²) in [6, 6.07) is 7.74. The monoisotopic (exact) mass is 246 g/mol. The van der Waals surface area contributed by atoms with Gasteiger partial charge in [0.25, 0.3) is 0 Å². The number of benzene rings is 1. The molecule has 0 aliphatic carbocycles. The molecule has 1 unspecified atom stereocenters. The third kappa shape index (κ3) is 1.73. The van der Waals surface area contributed by atoms with E-state index in [0.29, 0.717) is 11.5 Å². The summed E-state index contributed by atoms with van der Waals surface area (Å²) in [5, 5.41) is 11.1. The van der Waals surface area contributed by atoms with E-state index in [1.165, 1.54) is 0 Å². The Balaban J connectivity index is 2.10. The number of aryl methyl sites for hydroxylation is 1. The Bertz CT molecular complexity index is 646. The molecule has 1 atom stereocenters. The van der Waals surface area contributed by atoms with Crippen molar-refractivity contribution in [2.45, 2.75) is 13.0 Å². The molecule has 17 heavy (non-hydrogen) atoms. The number of aliphatic hydroxyl groups excluding tert-OH is 1. The summed E-state index contributed by atoms with van der Waals surface area (Å²) in [6.07, 6.45) is 0.704. The van der Waals surface area contributed by atoms with E-state index < -0.39 is 6.10 Å². The van der Waals surface area contributed by atoms with Gasteiger partial charge in [-0.3, -0.25) is 0 Å². The van der Waals surface area contributed by atoms with Gasteiger partial charge in [0, 0.05) is 5.39 Å². The van der Waals surface area contributed by atoms with E-state index in [4.69, 9.17) is 4.42 Å². The number of hydrogen-bond acceptors (Lipinski definition) is 5. The Morgan fingerprint density at radius 2 is 2.29 bits per heavy atom. The van der Waals surface area contributed by atoms with Crippen molar-refractivity contribution in [3.8, 4) is 0 Å². The highest BCUT2D eigenvalue weighted by Gasteiger charge is 2.18. The Kier molecular flexibility index (Phi) is 2.42. The maximum absolute atomic E-state index is 10.1. The number of nitrogens with zero attached hydrogens (tertiary/aromatic N) is 2. The lowest BCUT2D eigenvalue weighted by Crippen LogP contribution is -1.97. The van der Waals surface area contributed by atoms with Crippen molar-refractivity contribution >= 4 is 22.7 Å². The van der Waals surface area contributed by atoms with E-state index in [-0.39, 0.29) is 0 Å². The normalized spacial score (nSPS) is 13.1. The van der Waals surface area contributed by atoms with Crippen LogP contribution in [0.2, 0.25) is 0 Å². The van der Waals surface area contributed by atoms with Crippen molar-refractivity contribution in [1.82, 2.24) is 8.75 Å². The number of aromatic nitrogens is 2. The van der Waals surface area contributed by atoms with Crippen molar-refractivity contribution < 1.29 is 9.52 Å². The number of furan rings is 1. The first kappa shape index (κ1) is 10.4. The van der Waals surface area contributed by atoms with Crippen LogP contribution in [0.25, 0.3) is 11.0 Å². The zero-order valence-corrected chi connectivity index (χ0v) is 9.94. The van der Waals surface area contributed by atoms with Crippen LogP contribution in [0, 0.1) is 6.92 Å². The minimum absolute atomic E-state index is 0.502. The fourth-order valence-electron chi connectivity index (χ4n) is 1.80. The minimum Gasteiger partial charge on any atom is -0.458 e. The number of fused-ring (bicyclic) bond motifs is 1. The first-order chi connectivity index (χ1) is 8.25. The highest BCUT2D eigenvalue weighted by atomic mass is 32.1. The van der Waals surface area contributed by atoms with Crippen LogP contribution in [-0.4, -0.2) is 13.9 Å². The fourth-order valence-corrected chi connectivity index (χ4v) is 2.25. The van der Waals surface area contributed by atoms with E-state index >= 15 is 0 Å². The van der Waals surface area contributed by atoms with E-state index in [9.17, 15) is 5.11 Å². The Labute approximate surface area is 102 Å². The van der Waals surface area contributed by atoms with Gasteiger partial charge >= 0.3 is 0 Å². The van der Waals surface area contributed by atoms with E-state index in [0.717, 1.165) is 28.3 Å². The first-order valence-electron chi connectivity index (χ1n) is 5.20. The molecule has 3 rings (SSSR count). The van der Waals surface area contributed by atoms with Crippen molar-refractivity contribution in [2.24, 2.45) is 0 Å². The van der Waals surface area contributed by atoms with Crippen LogP contribution < -0.4 is 0 Å². The molecule has 0 saturated carbocycles. The van der Waals surface area contributed by atoms with E-state index in [1.54, 1.807) is 6.20 Å². The predicted molar refractivity (Wildman–Crippen MR) is 64.9 cm³/mol. The van der Waals surface area contributed by atoms with E-state index in [1.807, 2.05) is 31.2 Å². The smallest absolute Gasteiger partial charge is 0.156 e. The third-order valence-electron chi connectivity index (χ3n) is 2.69. The Hall–Kier alpha value is -1.72. The van der Waals surface area contributed by atoms with Gasteiger partial charge < -0.3 is 9.52 Å². The van der Waals surface area contributed by atoms with E-state index in [2.05, 4.69) is 8.75 Å². The molecule has 0 bridgehead atoms. The van der Waals surface area contributed by atoms with Crippen molar-refractivity contribution in [1.29, 1.82) is 0 Å². The fraction of sp³-hybridized carbons (Fsp3) is 0.167. The summed E-state index contributed by atoms with van der Waals surface area (Å²) < 4.78 is 13.5. The molecule has 0 aliphatic rings. The summed E-state index contributed by atoms with van der Waals surface area (Å²) in [5.74, 6) is 0.502. The van der Waals surface area contributed by atoms with Gasteiger partial charge in [-0.05, 0) is 18.6 Å². The zero-order valence-electron chi connectivity index (χ0n) is 9.12. The zero-order chi connectivity index (χ0) is 11.8. The molecule has 1 N–H and O–H groups in total. The molecule has 0 saturated heterocycles. The van der Waals surface area contributed by atoms with Gasteiger partial charge in [0.15, 0.2) is 6.10 Å². The average Bonchev–Trinajstić information content (AvgIpc) is 2.98. The minimum atomic E-state index is -0.847. The molecule has 0 aliphatic heterocycles. The second-order valence-electron chi connectivity index (χ2n) is 3.88. The summed E-state index contributed by atoms with van der Waals surface area (Å²) in [5.41, 5.74) is 2.38. The number of hydrogen-bond donors (Lipinski definition) is 1. The van der Waals surface area contributed by atoms with Gasteiger partial charge in [-0.2, -0.15) is 8.75 Å². The van der Waals surface area contributed by atoms with Gasteiger partial charge in [-0.25, -0.2) is 0 Å². The molecule has 2 heterocycles. The second kappa shape index (κ2) is 3.94. The van der Waals surface area contributed by atoms with Gasteiger partial charge in [0.1, 0.15) is 17.0 Å². The second-order valence-corrected chi connectivity index (χ2v) is 4.43. The summed E-state index contributed by atoms with van der Waals surface area (Å²) >= 11 is 1.07. The first-order valence-corrected chi connectivity index (χ1v) is 5.93. The number of aliphatic hydroxyl groups is 1. The highest BCUT2D eigenvalue weighted by molar-refractivity contribution is 6.99. The van der Waals surface area contributed by atoms with Crippen molar-refractivity contribution in [3.05, 3.63) is 47.5 Å². The van der Waals surface area contributed by atoms with Crippen LogP contribution in [0.4, 0.5) is 0 Å². The van der Waals surface area contributed by atoms with Gasteiger partial charge in [-0.15, -0.1) is 0 Å². The van der Waals surface area contributed by atoms with Crippen LogP contribution in [0.15, 0.2) is 34.9 Å². The molecular formula is C12H10N2O2S. The molecule has 0 fully saturated rings. The highest BCUT2D eigenvalue weighted by Crippen LogP contribution is 2.28. The molecule has 0 amide bonds. The Morgan fingerprint density at radius 3 is 3.00 bits per heavy atom. The molecule has 5 heteroatoms. The van der Waals surface area contributed by atoms with Gasteiger partial charge in [0.05, 0.1) is 17.9 Å². The standard InChI is InChI=1S/C12H10N2O2S/c1-7-3-2-4-8-5-10(16-12(7)8)11(15)9-6-13-17-14-9/h2-6,11,15H,1H3. The maximum atomic E-state index is 10.1. The van der Waals surface area contributed by atoms with Crippen LogP contribution in [0.3, 0.4) is 0 Å². The quantitative estimate of drug-likeness (QED) is 0.755. The van der Waals surface area contributed by atoms with Crippen molar-refractivity contribution in [2.75, 3.05) is 0 Å². The van der Waals surface area contributed by atoms with Crippen molar-refractivity contribution in [3.63, 3.8) is 0 Å². The SMILES string of the molecule is Cc1cccc2cc(C(O)c3cnsn3)oc12. The molecule has 86 valence electrons. The Morgan fingerprint density at radius 1 is 1.41 bits per heavy atom. The lowest BCUT2D eigenvalue weighted by Gasteiger charge is -2.01. The molecule has 3 aromatic rings. The molecular weight excluding hydrogens is 236 g/mol. The average molecular weight is 246 g/mol. The topological polar surface area (TPSA) is 59.2 Å². The van der Waals surface area contributed by atoms with Crippen LogP contribution in [0.1, 0.15) is 23.1 Å². The third-order valence-corrected chi connectivity index (χ3v) is 3.18. The van der Waals surface area contributed by atoms with Gasteiger partial charge in [-0.1, -0.05) is 18.2 Å². The molecule has 1 aromatic carbocycles. The molecule has 4 nitrogen and oxygen atoms in total. The molecule has 2 aromatic heterocycles. The van der Waals surface area contributed by atoms with Gasteiger partial charge in [0.2, 0.25) is 0 Å². The predicted octanol–water partition coefficient (Wildman–Crippen LogP) is 2.67. The van der Waals surface area contributed by atoms with Crippen LogP contribution in [-0.2, 0) is 0 Å². The van der Waals surface area contributed by atoms with Crippen LogP contribution >= 0.6 is 11.7 Å². The summed E-state index contributed by atoms with van der Waals surface area (Å²) in [6.45, 7) is 1.98.